The number of H-pyrrole nitrogens is 1. The van der Waals surface area contributed by atoms with Gasteiger partial charge in [-0.25, -0.2) is 4.79 Å². The number of aromatic amines is 1. The Morgan fingerprint density at radius 1 is 1.12 bits per heavy atom. The molecule has 3 heterocycles. The van der Waals surface area contributed by atoms with E-state index < -0.39 is 0 Å². The van der Waals surface area contributed by atoms with Crippen molar-refractivity contribution in [2.24, 2.45) is 0 Å². The zero-order chi connectivity index (χ0) is 23.3. The van der Waals surface area contributed by atoms with Crippen LogP contribution in [0.4, 0.5) is 0 Å². The highest BCUT2D eigenvalue weighted by molar-refractivity contribution is 7.18. The first-order chi connectivity index (χ1) is 15.9. The summed E-state index contributed by atoms with van der Waals surface area (Å²) in [6, 6.07) is 3.72. The maximum atomic E-state index is 13.4. The van der Waals surface area contributed by atoms with Gasteiger partial charge in [0.25, 0.3) is 11.5 Å². The van der Waals surface area contributed by atoms with E-state index in [1.165, 1.54) is 15.9 Å². The number of amides is 1. The van der Waals surface area contributed by atoms with Gasteiger partial charge >= 0.3 is 5.69 Å². The molecule has 0 bridgehead atoms. The van der Waals surface area contributed by atoms with E-state index in [9.17, 15) is 14.4 Å². The van der Waals surface area contributed by atoms with Crippen LogP contribution in [0.1, 0.15) is 70.1 Å². The molecule has 2 aliphatic rings. The Morgan fingerprint density at radius 2 is 1.82 bits per heavy atom. The van der Waals surface area contributed by atoms with Gasteiger partial charge in [0, 0.05) is 23.0 Å². The van der Waals surface area contributed by atoms with E-state index in [1.54, 1.807) is 7.11 Å². The number of nitrogens with zero attached hydrogens (tertiary/aromatic N) is 2. The van der Waals surface area contributed by atoms with Gasteiger partial charge in [-0.05, 0) is 61.9 Å². The summed E-state index contributed by atoms with van der Waals surface area (Å²) < 4.78 is 6.88. The molecular formula is C25H29N3O4S. The van der Waals surface area contributed by atoms with E-state index in [1.807, 2.05) is 30.9 Å². The summed E-state index contributed by atoms with van der Waals surface area (Å²) in [7, 11) is 1.64. The highest BCUT2D eigenvalue weighted by atomic mass is 32.1. The Bertz CT molecular complexity index is 1340. The quantitative estimate of drug-likeness (QED) is 0.629. The number of carbonyl (C=O) groups is 1. The maximum Gasteiger partial charge on any atom is 0.329 e. The van der Waals surface area contributed by atoms with Crippen LogP contribution in [0.5, 0.6) is 5.75 Å². The molecule has 1 N–H and O–H groups in total. The second kappa shape index (κ2) is 8.48. The lowest BCUT2D eigenvalue weighted by atomic mass is 9.95. The largest absolute Gasteiger partial charge is 0.496 e. The van der Waals surface area contributed by atoms with Crippen LogP contribution in [0, 0.1) is 13.8 Å². The highest BCUT2D eigenvalue weighted by Crippen LogP contribution is 2.34. The number of aryl methyl sites for hydroxylation is 2. The van der Waals surface area contributed by atoms with Crippen molar-refractivity contribution in [3.8, 4) is 5.75 Å². The average molecular weight is 468 g/mol. The Hall–Kier alpha value is -2.87. The molecule has 5 rings (SSSR count). The number of hydrogen-bond acceptors (Lipinski definition) is 5. The van der Waals surface area contributed by atoms with Gasteiger partial charge in [0.2, 0.25) is 0 Å². The van der Waals surface area contributed by atoms with E-state index in [-0.39, 0.29) is 23.2 Å². The van der Waals surface area contributed by atoms with Crippen LogP contribution in [-0.2, 0) is 13.0 Å². The first-order valence-corrected chi connectivity index (χ1v) is 12.4. The summed E-state index contributed by atoms with van der Waals surface area (Å²) in [6.45, 7) is 4.87. The fourth-order valence-electron chi connectivity index (χ4n) is 5.51. The van der Waals surface area contributed by atoms with E-state index in [0.717, 1.165) is 59.4 Å². The Kier molecular flexibility index (Phi) is 5.64. The minimum Gasteiger partial charge on any atom is -0.496 e. The van der Waals surface area contributed by atoms with Crippen molar-refractivity contribution in [2.75, 3.05) is 13.7 Å². The number of thiophene rings is 1. The van der Waals surface area contributed by atoms with Crippen molar-refractivity contribution in [3.05, 3.63) is 60.1 Å². The zero-order valence-corrected chi connectivity index (χ0v) is 20.1. The summed E-state index contributed by atoms with van der Waals surface area (Å²) in [6.07, 6.45) is 5.64. The van der Waals surface area contributed by atoms with Crippen molar-refractivity contribution in [1.82, 2.24) is 14.5 Å². The van der Waals surface area contributed by atoms with Crippen molar-refractivity contribution < 1.29 is 9.53 Å². The molecule has 33 heavy (non-hydrogen) atoms. The topological polar surface area (TPSA) is 84.4 Å². The zero-order valence-electron chi connectivity index (χ0n) is 19.3. The fourth-order valence-corrected chi connectivity index (χ4v) is 6.76. The van der Waals surface area contributed by atoms with Gasteiger partial charge in [0.1, 0.15) is 10.6 Å². The molecule has 2 aromatic heterocycles. The number of hydrogen-bond donors (Lipinski definition) is 1. The number of methoxy groups -OCH3 is 1. The molecule has 1 saturated carbocycles. The molecule has 1 fully saturated rings. The molecule has 174 valence electrons. The van der Waals surface area contributed by atoms with Gasteiger partial charge in [-0.15, -0.1) is 11.3 Å². The predicted octanol–water partition coefficient (Wildman–Crippen LogP) is 4.08. The SMILES string of the molecule is COc1c(C)cc(C(=O)N2CCc3c(sc4[nH]c(=O)n(C5CCCCC5)c(=O)c34)C2)cc1C. The molecule has 3 aromatic rings. The molecule has 0 unspecified atom stereocenters. The number of benzene rings is 1. The van der Waals surface area contributed by atoms with Gasteiger partial charge in [-0.1, -0.05) is 19.3 Å². The number of nitrogens with one attached hydrogen (secondary N) is 1. The minimum atomic E-state index is -0.310. The monoisotopic (exact) mass is 467 g/mol. The molecule has 8 heteroatoms. The van der Waals surface area contributed by atoms with Gasteiger partial charge in [0.15, 0.2) is 0 Å². The van der Waals surface area contributed by atoms with Crippen LogP contribution >= 0.6 is 11.3 Å². The predicted molar refractivity (Wildman–Crippen MR) is 130 cm³/mol. The van der Waals surface area contributed by atoms with E-state index in [2.05, 4.69) is 4.98 Å². The standard InChI is InChI=1S/C25H29N3O4S/c1-14-11-16(12-15(2)21(14)32-3)23(29)27-10-9-18-19(13-27)33-22-20(18)24(30)28(25(31)26-22)17-7-5-4-6-8-17/h11-12,17H,4-10,13H2,1-3H3,(H,26,31). The molecule has 0 radical (unpaired) electrons. The van der Waals surface area contributed by atoms with Crippen LogP contribution in [0.25, 0.3) is 10.2 Å². The van der Waals surface area contributed by atoms with Crippen molar-refractivity contribution in [3.63, 3.8) is 0 Å². The van der Waals surface area contributed by atoms with Gasteiger partial charge < -0.3 is 9.64 Å². The Labute approximate surface area is 196 Å². The summed E-state index contributed by atoms with van der Waals surface area (Å²) >= 11 is 1.43. The molecular weight excluding hydrogens is 438 g/mol. The Morgan fingerprint density at radius 3 is 2.48 bits per heavy atom. The molecule has 1 aliphatic heterocycles. The van der Waals surface area contributed by atoms with Crippen LogP contribution in [0.3, 0.4) is 0 Å². The summed E-state index contributed by atoms with van der Waals surface area (Å²) in [5.74, 6) is 0.773. The lowest BCUT2D eigenvalue weighted by molar-refractivity contribution is 0.0737. The lowest BCUT2D eigenvalue weighted by Crippen LogP contribution is -2.39. The highest BCUT2D eigenvalue weighted by Gasteiger charge is 2.29. The normalized spacial score (nSPS) is 16.8. The molecule has 7 nitrogen and oxygen atoms in total. The van der Waals surface area contributed by atoms with Crippen LogP contribution < -0.4 is 16.0 Å². The van der Waals surface area contributed by atoms with E-state index >= 15 is 0 Å². The lowest BCUT2D eigenvalue weighted by Gasteiger charge is -2.27. The molecule has 0 atom stereocenters. The molecule has 0 spiro atoms. The summed E-state index contributed by atoms with van der Waals surface area (Å²) in [4.78, 5) is 45.9. The summed E-state index contributed by atoms with van der Waals surface area (Å²) in [5, 5.41) is 0.642. The minimum absolute atomic E-state index is 0.0156. The first kappa shape index (κ1) is 21.9. The van der Waals surface area contributed by atoms with Gasteiger partial charge in [0.05, 0.1) is 19.0 Å². The van der Waals surface area contributed by atoms with Crippen molar-refractivity contribution in [1.29, 1.82) is 0 Å². The first-order valence-electron chi connectivity index (χ1n) is 11.6. The smallest absolute Gasteiger partial charge is 0.329 e. The van der Waals surface area contributed by atoms with Crippen LogP contribution in [0.2, 0.25) is 0 Å². The van der Waals surface area contributed by atoms with Crippen molar-refractivity contribution >= 4 is 27.5 Å². The maximum absolute atomic E-state index is 13.4. The number of ether oxygens (including phenoxy) is 1. The number of rotatable bonds is 3. The third-order valence-electron chi connectivity index (χ3n) is 7.07. The molecule has 1 amide bonds. The molecule has 1 aliphatic carbocycles. The number of aromatic nitrogens is 2. The third-order valence-corrected chi connectivity index (χ3v) is 8.20. The summed E-state index contributed by atoms with van der Waals surface area (Å²) in [5.41, 5.74) is 3.02. The fraction of sp³-hybridized carbons (Fsp3) is 0.480. The molecule has 1 aromatic carbocycles. The van der Waals surface area contributed by atoms with Gasteiger partial charge in [-0.2, -0.15) is 0 Å². The average Bonchev–Trinajstić information content (AvgIpc) is 3.16. The number of carbonyl (C=O) groups excluding carboxylic acids is 1. The number of fused-ring (bicyclic) bond motifs is 3. The third kappa shape index (κ3) is 3.70. The van der Waals surface area contributed by atoms with Crippen LogP contribution in [-0.4, -0.2) is 34.0 Å². The van der Waals surface area contributed by atoms with Crippen LogP contribution in [0.15, 0.2) is 21.7 Å². The Balaban J connectivity index is 1.49. The second-order valence-electron chi connectivity index (χ2n) is 9.23. The second-order valence-corrected chi connectivity index (χ2v) is 10.3. The van der Waals surface area contributed by atoms with Gasteiger partial charge in [-0.3, -0.25) is 19.1 Å². The van der Waals surface area contributed by atoms with Crippen molar-refractivity contribution in [2.45, 2.75) is 65.0 Å². The van der Waals surface area contributed by atoms with E-state index in [4.69, 9.17) is 4.74 Å². The molecule has 0 saturated heterocycles. The van der Waals surface area contributed by atoms with E-state index in [0.29, 0.717) is 35.3 Å².